The lowest BCUT2D eigenvalue weighted by Gasteiger charge is -2.07. The van der Waals surface area contributed by atoms with Crippen LogP contribution in [0, 0.1) is 0 Å². The molecular formula is C16H12O2S2. The van der Waals surface area contributed by atoms with Gasteiger partial charge in [0, 0.05) is 14.7 Å². The van der Waals surface area contributed by atoms with Crippen LogP contribution < -0.4 is 0 Å². The molecule has 4 heteroatoms. The predicted molar refractivity (Wildman–Crippen MR) is 84.7 cm³/mol. The number of carbonyl (C=O) groups is 1. The van der Waals surface area contributed by atoms with Gasteiger partial charge in [0.15, 0.2) is 0 Å². The lowest BCUT2D eigenvalue weighted by Crippen LogP contribution is -1.96. The van der Waals surface area contributed by atoms with Crippen molar-refractivity contribution in [2.24, 2.45) is 0 Å². The number of fused-ring (bicyclic) bond motifs is 2. The molecule has 0 fully saturated rings. The summed E-state index contributed by atoms with van der Waals surface area (Å²) in [7, 11) is 0. The zero-order valence-corrected chi connectivity index (χ0v) is 12.4. The van der Waals surface area contributed by atoms with Gasteiger partial charge in [0.1, 0.15) is 0 Å². The molecule has 1 heterocycles. The van der Waals surface area contributed by atoms with E-state index in [1.54, 1.807) is 35.7 Å². The molecule has 0 aliphatic carbocycles. The van der Waals surface area contributed by atoms with Crippen LogP contribution in [-0.2, 0) is 0 Å². The number of carboxylic acids is 1. The molecule has 1 aliphatic rings. The fourth-order valence-corrected chi connectivity index (χ4v) is 3.57. The molecule has 3 rings (SSSR count). The van der Waals surface area contributed by atoms with Gasteiger partial charge in [-0.05, 0) is 47.7 Å². The van der Waals surface area contributed by atoms with Crippen molar-refractivity contribution in [3.8, 4) is 0 Å². The number of rotatable bonds is 2. The van der Waals surface area contributed by atoms with Gasteiger partial charge in [-0.3, -0.25) is 0 Å². The van der Waals surface area contributed by atoms with Crippen molar-refractivity contribution in [2.45, 2.75) is 14.7 Å². The standard InChI is InChI=1S/C16H12O2S2/c1-19-13-6-7-14-11(8-13)4-2-10-3-5-12(16(17)18)9-15(10)20-14/h2-9H,1H3,(H,17,18). The van der Waals surface area contributed by atoms with Crippen LogP contribution in [0.2, 0.25) is 0 Å². The second-order valence-electron chi connectivity index (χ2n) is 4.40. The van der Waals surface area contributed by atoms with Crippen LogP contribution in [0.5, 0.6) is 0 Å². The molecule has 1 aliphatic heterocycles. The summed E-state index contributed by atoms with van der Waals surface area (Å²) in [6.07, 6.45) is 6.20. The van der Waals surface area contributed by atoms with Gasteiger partial charge >= 0.3 is 5.97 Å². The van der Waals surface area contributed by atoms with E-state index in [1.807, 2.05) is 12.1 Å². The Labute approximate surface area is 125 Å². The van der Waals surface area contributed by atoms with Gasteiger partial charge in [-0.15, -0.1) is 11.8 Å². The number of hydrogen-bond acceptors (Lipinski definition) is 3. The van der Waals surface area contributed by atoms with Crippen molar-refractivity contribution >= 4 is 41.6 Å². The van der Waals surface area contributed by atoms with Crippen LogP contribution in [0.1, 0.15) is 21.5 Å². The summed E-state index contributed by atoms with van der Waals surface area (Å²) in [5.41, 5.74) is 2.56. The Balaban J connectivity index is 2.08. The van der Waals surface area contributed by atoms with Gasteiger partial charge in [-0.1, -0.05) is 30.0 Å². The third-order valence-electron chi connectivity index (χ3n) is 3.14. The largest absolute Gasteiger partial charge is 0.478 e. The molecular weight excluding hydrogens is 288 g/mol. The van der Waals surface area contributed by atoms with Crippen LogP contribution in [0.15, 0.2) is 51.1 Å². The summed E-state index contributed by atoms with van der Waals surface area (Å²) in [6.45, 7) is 0. The molecule has 1 N–H and O–H groups in total. The average Bonchev–Trinajstić information content (AvgIpc) is 2.64. The topological polar surface area (TPSA) is 37.3 Å². The highest BCUT2D eigenvalue weighted by atomic mass is 32.2. The van der Waals surface area contributed by atoms with Crippen LogP contribution in [0.25, 0.3) is 12.2 Å². The molecule has 100 valence electrons. The Morgan fingerprint density at radius 1 is 1.05 bits per heavy atom. The average molecular weight is 300 g/mol. The van der Waals surface area contributed by atoms with Crippen LogP contribution in [0.4, 0.5) is 0 Å². The number of hydrogen-bond donors (Lipinski definition) is 1. The van der Waals surface area contributed by atoms with Crippen molar-refractivity contribution in [1.82, 2.24) is 0 Å². The zero-order valence-electron chi connectivity index (χ0n) is 10.8. The van der Waals surface area contributed by atoms with Crippen molar-refractivity contribution in [3.05, 3.63) is 53.1 Å². The molecule has 0 bridgehead atoms. The summed E-state index contributed by atoms with van der Waals surface area (Å²) in [5.74, 6) is -0.889. The summed E-state index contributed by atoms with van der Waals surface area (Å²) < 4.78 is 0. The Morgan fingerprint density at radius 2 is 1.85 bits per heavy atom. The van der Waals surface area contributed by atoms with Crippen LogP contribution in [-0.4, -0.2) is 17.3 Å². The van der Waals surface area contributed by atoms with Gasteiger partial charge in [0.2, 0.25) is 0 Å². The van der Waals surface area contributed by atoms with Crippen molar-refractivity contribution in [1.29, 1.82) is 0 Å². The van der Waals surface area contributed by atoms with Crippen LogP contribution >= 0.6 is 23.5 Å². The van der Waals surface area contributed by atoms with E-state index in [-0.39, 0.29) is 0 Å². The smallest absolute Gasteiger partial charge is 0.335 e. The monoisotopic (exact) mass is 300 g/mol. The van der Waals surface area contributed by atoms with Crippen molar-refractivity contribution < 1.29 is 9.90 Å². The molecule has 0 saturated heterocycles. The maximum absolute atomic E-state index is 11.1. The normalized spacial score (nSPS) is 12.4. The molecule has 2 aromatic rings. The first-order valence-corrected chi connectivity index (χ1v) is 8.13. The maximum atomic E-state index is 11.1. The highest BCUT2D eigenvalue weighted by molar-refractivity contribution is 7.99. The summed E-state index contributed by atoms with van der Waals surface area (Å²) in [4.78, 5) is 14.4. The van der Waals surface area contributed by atoms with E-state index in [9.17, 15) is 4.79 Å². The minimum atomic E-state index is -0.889. The van der Waals surface area contributed by atoms with E-state index < -0.39 is 5.97 Å². The summed E-state index contributed by atoms with van der Waals surface area (Å²) in [5, 5.41) is 9.09. The lowest BCUT2D eigenvalue weighted by atomic mass is 10.1. The zero-order chi connectivity index (χ0) is 14.1. The number of aromatic carboxylic acids is 1. The molecule has 2 aromatic carbocycles. The van der Waals surface area contributed by atoms with Gasteiger partial charge in [-0.25, -0.2) is 4.79 Å². The van der Waals surface area contributed by atoms with E-state index in [0.717, 1.165) is 15.4 Å². The number of benzene rings is 2. The summed E-state index contributed by atoms with van der Waals surface area (Å²) >= 11 is 3.34. The fraction of sp³-hybridized carbons (Fsp3) is 0.0625. The van der Waals surface area contributed by atoms with E-state index >= 15 is 0 Å². The van der Waals surface area contributed by atoms with Crippen molar-refractivity contribution in [3.63, 3.8) is 0 Å². The molecule has 20 heavy (non-hydrogen) atoms. The third kappa shape index (κ3) is 2.49. The van der Waals surface area contributed by atoms with Gasteiger partial charge in [0.25, 0.3) is 0 Å². The highest BCUT2D eigenvalue weighted by Crippen LogP contribution is 2.39. The lowest BCUT2D eigenvalue weighted by molar-refractivity contribution is 0.0696. The first-order valence-electron chi connectivity index (χ1n) is 6.09. The highest BCUT2D eigenvalue weighted by Gasteiger charge is 2.13. The SMILES string of the molecule is CSc1ccc2c(c1)C=Cc1ccc(C(=O)O)cc1S2. The molecule has 0 amide bonds. The van der Waals surface area contributed by atoms with E-state index in [0.29, 0.717) is 5.56 Å². The second-order valence-corrected chi connectivity index (χ2v) is 6.36. The third-order valence-corrected chi connectivity index (χ3v) is 5.03. The molecule has 0 atom stereocenters. The number of thioether (sulfide) groups is 1. The molecule has 0 spiro atoms. The van der Waals surface area contributed by atoms with Gasteiger partial charge < -0.3 is 5.11 Å². The minimum Gasteiger partial charge on any atom is -0.478 e. The Hall–Kier alpha value is -1.65. The Bertz CT molecular complexity index is 720. The van der Waals surface area contributed by atoms with Gasteiger partial charge in [0.05, 0.1) is 5.56 Å². The molecule has 0 unspecified atom stereocenters. The molecule has 0 saturated carbocycles. The molecule has 0 radical (unpaired) electrons. The Morgan fingerprint density at radius 3 is 2.60 bits per heavy atom. The predicted octanol–water partition coefficient (Wildman–Crippen LogP) is 4.74. The summed E-state index contributed by atoms with van der Waals surface area (Å²) in [6, 6.07) is 11.6. The first-order chi connectivity index (χ1) is 9.67. The molecule has 2 nitrogen and oxygen atoms in total. The molecule has 0 aromatic heterocycles. The van der Waals surface area contributed by atoms with E-state index in [4.69, 9.17) is 5.11 Å². The van der Waals surface area contributed by atoms with Crippen LogP contribution in [0.3, 0.4) is 0 Å². The maximum Gasteiger partial charge on any atom is 0.335 e. The quantitative estimate of drug-likeness (QED) is 0.693. The van der Waals surface area contributed by atoms with E-state index in [2.05, 4.69) is 30.5 Å². The van der Waals surface area contributed by atoms with E-state index in [1.165, 1.54) is 10.5 Å². The second kappa shape index (κ2) is 5.38. The van der Waals surface area contributed by atoms with Crippen molar-refractivity contribution in [2.75, 3.05) is 6.26 Å². The number of carboxylic acid groups (broad SMARTS) is 1. The Kier molecular flexibility index (Phi) is 3.59. The first kappa shape index (κ1) is 13.3. The minimum absolute atomic E-state index is 0.328. The fourth-order valence-electron chi connectivity index (χ4n) is 2.07. The van der Waals surface area contributed by atoms with Gasteiger partial charge in [-0.2, -0.15) is 0 Å².